The van der Waals surface area contributed by atoms with Gasteiger partial charge >= 0.3 is 17.1 Å². The fourth-order valence-electron chi connectivity index (χ4n) is 0.988. The van der Waals surface area contributed by atoms with E-state index in [9.17, 15) is 4.57 Å². The highest BCUT2D eigenvalue weighted by Gasteiger charge is 2.37. The van der Waals surface area contributed by atoms with Gasteiger partial charge in [-0.2, -0.15) is 0 Å². The quantitative estimate of drug-likeness (QED) is 0.388. The fourth-order valence-corrected chi connectivity index (χ4v) is 2.96. The van der Waals surface area contributed by atoms with Crippen molar-refractivity contribution < 1.29 is 27.3 Å². The first-order chi connectivity index (χ1) is 6.60. The highest BCUT2D eigenvalue weighted by Crippen LogP contribution is 2.19. The highest BCUT2D eigenvalue weighted by atomic mass is 31.1. The molecule has 1 N–H and O–H groups in total. The summed E-state index contributed by atoms with van der Waals surface area (Å²) in [6.45, 7) is 0.191. The standard InChI is InChI=1S/C6H15O6PSi/c1-9-14(10-2,11-3)6-4-5-12-13(7)8/h4-6H2,1-3H3/p+1. The van der Waals surface area contributed by atoms with Gasteiger partial charge in [-0.1, -0.05) is 0 Å². The minimum absolute atomic E-state index is 0.191. The summed E-state index contributed by atoms with van der Waals surface area (Å²) < 4.78 is 30.1. The van der Waals surface area contributed by atoms with Crippen LogP contribution in [0.5, 0.6) is 0 Å². The van der Waals surface area contributed by atoms with Gasteiger partial charge in [0.05, 0.1) is 0 Å². The molecule has 0 aliphatic rings. The molecule has 0 saturated heterocycles. The molecule has 1 atom stereocenters. The van der Waals surface area contributed by atoms with Gasteiger partial charge in [-0.25, -0.2) is 0 Å². The lowest BCUT2D eigenvalue weighted by molar-refractivity contribution is 0.121. The third kappa shape index (κ3) is 5.11. The summed E-state index contributed by atoms with van der Waals surface area (Å²) >= 11 is 0. The van der Waals surface area contributed by atoms with E-state index in [0.29, 0.717) is 12.5 Å². The Labute approximate surface area is 85.4 Å². The summed E-state index contributed by atoms with van der Waals surface area (Å²) in [5, 5.41) is 0. The zero-order valence-corrected chi connectivity index (χ0v) is 10.5. The summed E-state index contributed by atoms with van der Waals surface area (Å²) in [4.78, 5) is 8.36. The van der Waals surface area contributed by atoms with Crippen LogP contribution in [0.2, 0.25) is 6.04 Å². The van der Waals surface area contributed by atoms with E-state index >= 15 is 0 Å². The molecule has 0 fully saturated rings. The number of hydrogen-bond donors (Lipinski definition) is 1. The molecule has 0 rings (SSSR count). The van der Waals surface area contributed by atoms with E-state index in [1.54, 1.807) is 0 Å². The largest absolute Gasteiger partial charge is 0.694 e. The molecule has 0 heterocycles. The highest BCUT2D eigenvalue weighted by molar-refractivity contribution is 7.32. The SMILES string of the molecule is CO[Si](CCCO[P+](=O)O)(OC)OC. The maximum absolute atomic E-state index is 10.2. The molecule has 14 heavy (non-hydrogen) atoms. The molecule has 84 valence electrons. The summed E-state index contributed by atoms with van der Waals surface area (Å²) in [5.74, 6) is 0. The lowest BCUT2D eigenvalue weighted by Crippen LogP contribution is -2.42. The molecular weight excluding hydrogens is 227 g/mol. The van der Waals surface area contributed by atoms with Gasteiger partial charge < -0.3 is 13.3 Å². The van der Waals surface area contributed by atoms with Crippen LogP contribution in [0, 0.1) is 0 Å². The molecular formula is C6H16O6PSi+. The Morgan fingerprint density at radius 2 is 1.71 bits per heavy atom. The first kappa shape index (κ1) is 14.1. The molecule has 6 nitrogen and oxygen atoms in total. The van der Waals surface area contributed by atoms with Crippen LogP contribution >= 0.6 is 8.25 Å². The van der Waals surface area contributed by atoms with Gasteiger partial charge in [0, 0.05) is 31.9 Å². The van der Waals surface area contributed by atoms with Crippen molar-refractivity contribution in [3.05, 3.63) is 0 Å². The molecule has 0 aromatic carbocycles. The monoisotopic (exact) mass is 243 g/mol. The maximum Gasteiger partial charge on any atom is 0.694 e. The Balaban J connectivity index is 3.77. The van der Waals surface area contributed by atoms with Crippen molar-refractivity contribution in [2.45, 2.75) is 12.5 Å². The summed E-state index contributed by atoms with van der Waals surface area (Å²) in [6.07, 6.45) is 0.559. The minimum atomic E-state index is -2.55. The fraction of sp³-hybridized carbons (Fsp3) is 1.00. The van der Waals surface area contributed by atoms with Crippen LogP contribution in [-0.2, 0) is 22.4 Å². The lowest BCUT2D eigenvalue weighted by Gasteiger charge is -2.23. The zero-order chi connectivity index (χ0) is 11.0. The van der Waals surface area contributed by atoms with Crippen LogP contribution in [0.1, 0.15) is 6.42 Å². The van der Waals surface area contributed by atoms with E-state index in [2.05, 4.69) is 4.52 Å². The van der Waals surface area contributed by atoms with Crippen molar-refractivity contribution >= 4 is 17.1 Å². The van der Waals surface area contributed by atoms with Crippen LogP contribution in [0.4, 0.5) is 0 Å². The van der Waals surface area contributed by atoms with Crippen LogP contribution in [0.15, 0.2) is 0 Å². The second kappa shape index (κ2) is 7.41. The van der Waals surface area contributed by atoms with E-state index in [1.165, 1.54) is 21.3 Å². The van der Waals surface area contributed by atoms with Crippen LogP contribution < -0.4 is 0 Å². The predicted octanol–water partition coefficient (Wildman–Crippen LogP) is 0.921. The minimum Gasteiger partial charge on any atom is -0.377 e. The molecule has 8 heteroatoms. The second-order valence-electron chi connectivity index (χ2n) is 2.47. The van der Waals surface area contributed by atoms with Crippen molar-refractivity contribution in [3.8, 4) is 0 Å². The van der Waals surface area contributed by atoms with Crippen molar-refractivity contribution in [3.63, 3.8) is 0 Å². The topological polar surface area (TPSA) is 74.2 Å². The summed E-state index contributed by atoms with van der Waals surface area (Å²) in [6, 6.07) is 0.555. The average molecular weight is 243 g/mol. The zero-order valence-electron chi connectivity index (χ0n) is 8.56. The van der Waals surface area contributed by atoms with Crippen LogP contribution in [0.25, 0.3) is 0 Å². The molecule has 1 unspecified atom stereocenters. The third-order valence-corrected chi connectivity index (χ3v) is 5.00. The molecule has 0 spiro atoms. The number of hydrogen-bond acceptors (Lipinski definition) is 5. The summed E-state index contributed by atoms with van der Waals surface area (Å²) in [5.41, 5.74) is 0. The van der Waals surface area contributed by atoms with Gasteiger partial charge in [0.1, 0.15) is 6.61 Å². The van der Waals surface area contributed by atoms with Crippen LogP contribution in [-0.4, -0.2) is 41.6 Å². The van der Waals surface area contributed by atoms with E-state index in [-0.39, 0.29) is 6.61 Å². The summed E-state index contributed by atoms with van der Waals surface area (Å²) in [7, 11) is -0.502. The van der Waals surface area contributed by atoms with E-state index < -0.39 is 17.1 Å². The number of rotatable bonds is 8. The van der Waals surface area contributed by atoms with Crippen molar-refractivity contribution in [1.82, 2.24) is 0 Å². The van der Waals surface area contributed by atoms with E-state index in [1.807, 2.05) is 0 Å². The van der Waals surface area contributed by atoms with Crippen molar-refractivity contribution in [2.75, 3.05) is 27.9 Å². The van der Waals surface area contributed by atoms with Crippen molar-refractivity contribution in [2.24, 2.45) is 0 Å². The average Bonchev–Trinajstić information content (AvgIpc) is 2.19. The Bertz CT molecular complexity index is 165. The molecule has 0 bridgehead atoms. The van der Waals surface area contributed by atoms with Gasteiger partial charge in [0.25, 0.3) is 0 Å². The van der Waals surface area contributed by atoms with Crippen LogP contribution in [0.3, 0.4) is 0 Å². The van der Waals surface area contributed by atoms with Gasteiger partial charge in [0.15, 0.2) is 0 Å². The van der Waals surface area contributed by atoms with Gasteiger partial charge in [0.2, 0.25) is 0 Å². The second-order valence-corrected chi connectivity index (χ2v) is 6.29. The Morgan fingerprint density at radius 1 is 1.21 bits per heavy atom. The molecule has 0 aromatic heterocycles. The Hall–Kier alpha value is 0.117. The van der Waals surface area contributed by atoms with E-state index in [0.717, 1.165) is 0 Å². The van der Waals surface area contributed by atoms with Gasteiger partial charge in [-0.05, 0) is 6.42 Å². The maximum atomic E-state index is 10.2. The molecule has 0 amide bonds. The lowest BCUT2D eigenvalue weighted by atomic mass is 10.5. The predicted molar refractivity (Wildman–Crippen MR) is 52.0 cm³/mol. The Morgan fingerprint density at radius 3 is 2.07 bits per heavy atom. The first-order valence-electron chi connectivity index (χ1n) is 4.04. The van der Waals surface area contributed by atoms with Gasteiger partial charge in [-0.3, -0.25) is 0 Å². The van der Waals surface area contributed by atoms with Crippen molar-refractivity contribution in [1.29, 1.82) is 0 Å². The Kier molecular flexibility index (Phi) is 7.48. The molecule has 0 aliphatic carbocycles. The molecule has 0 aromatic rings. The molecule has 0 saturated carbocycles. The smallest absolute Gasteiger partial charge is 0.377 e. The molecule has 0 aliphatic heterocycles. The normalized spacial score (nSPS) is 13.0. The van der Waals surface area contributed by atoms with Gasteiger partial charge in [-0.15, -0.1) is 9.42 Å². The molecule has 0 radical (unpaired) electrons. The van der Waals surface area contributed by atoms with E-state index in [4.69, 9.17) is 18.2 Å². The first-order valence-corrected chi connectivity index (χ1v) is 7.11. The third-order valence-electron chi connectivity index (χ3n) is 1.76.